The molecule has 0 aliphatic carbocycles. The lowest BCUT2D eigenvalue weighted by Crippen LogP contribution is -2.20. The molecule has 5 rings (SSSR count). The summed E-state index contributed by atoms with van der Waals surface area (Å²) in [7, 11) is -8.14. The Labute approximate surface area is 278 Å². The number of rotatable bonds is 10. The van der Waals surface area contributed by atoms with E-state index in [1.807, 2.05) is 0 Å². The van der Waals surface area contributed by atoms with Crippen molar-refractivity contribution >= 4 is 55.0 Å². The van der Waals surface area contributed by atoms with Crippen molar-refractivity contribution in [1.29, 1.82) is 0 Å². The first-order chi connectivity index (χ1) is 22.8. The second-order valence-corrected chi connectivity index (χ2v) is 13.6. The standard InChI is InChI=1S/C34H30N4O8S2/c1-23-7-3-13-31(19-23)47(41,42)45-29-11-5-9-27(21-29)37-33(39)35-25-15-17-26(18-16-25)36-34(40)38-28-10-6-12-30(22-28)46-48(43,44)32-14-4-8-24(2)20-32/h3-22H,1-2H3,(H2,35,37,39)(H2,36,38,40). The number of aryl methyl sites for hydroxylation is 2. The minimum Gasteiger partial charge on any atom is -0.379 e. The van der Waals surface area contributed by atoms with E-state index in [1.165, 1.54) is 48.5 Å². The minimum atomic E-state index is -4.07. The predicted molar refractivity (Wildman–Crippen MR) is 183 cm³/mol. The van der Waals surface area contributed by atoms with Crippen LogP contribution in [0.3, 0.4) is 0 Å². The van der Waals surface area contributed by atoms with Gasteiger partial charge in [0.05, 0.1) is 0 Å². The molecule has 0 atom stereocenters. The summed E-state index contributed by atoms with van der Waals surface area (Å²) in [6.45, 7) is 3.54. The van der Waals surface area contributed by atoms with Gasteiger partial charge in [0.25, 0.3) is 0 Å². The zero-order valence-corrected chi connectivity index (χ0v) is 27.3. The van der Waals surface area contributed by atoms with Gasteiger partial charge in [0.15, 0.2) is 0 Å². The van der Waals surface area contributed by atoms with Crippen molar-refractivity contribution in [3.05, 3.63) is 132 Å². The highest BCUT2D eigenvalue weighted by molar-refractivity contribution is 7.87. The number of amides is 4. The highest BCUT2D eigenvalue weighted by atomic mass is 32.2. The third kappa shape index (κ3) is 9.11. The van der Waals surface area contributed by atoms with Crippen LogP contribution in [-0.2, 0) is 20.2 Å². The number of carbonyl (C=O) groups is 2. The lowest BCUT2D eigenvalue weighted by Gasteiger charge is -2.12. The molecule has 0 heterocycles. The van der Waals surface area contributed by atoms with Crippen molar-refractivity contribution in [2.24, 2.45) is 0 Å². The van der Waals surface area contributed by atoms with Crippen LogP contribution in [-0.4, -0.2) is 28.9 Å². The average molecular weight is 687 g/mol. The lowest BCUT2D eigenvalue weighted by atomic mass is 10.2. The fourth-order valence-corrected chi connectivity index (χ4v) is 6.42. The molecule has 48 heavy (non-hydrogen) atoms. The number of carbonyl (C=O) groups excluding carboxylic acids is 2. The Bertz CT molecular complexity index is 2030. The number of anilines is 4. The van der Waals surface area contributed by atoms with Crippen LogP contribution in [0.25, 0.3) is 0 Å². The van der Waals surface area contributed by atoms with Crippen molar-refractivity contribution in [3.8, 4) is 11.5 Å². The SMILES string of the molecule is Cc1cccc(S(=O)(=O)Oc2cccc(NC(=O)Nc3ccc(NC(=O)Nc4cccc(OS(=O)(=O)c5cccc(C)c5)c4)cc3)c2)c1. The van der Waals surface area contributed by atoms with Gasteiger partial charge in [-0.1, -0.05) is 36.4 Å². The fraction of sp³-hybridized carbons (Fsp3) is 0.0588. The van der Waals surface area contributed by atoms with E-state index in [4.69, 9.17) is 8.37 Å². The Morgan fingerprint density at radius 3 is 1.19 bits per heavy atom. The van der Waals surface area contributed by atoms with E-state index in [9.17, 15) is 26.4 Å². The number of nitrogens with one attached hydrogen (secondary N) is 4. The van der Waals surface area contributed by atoms with Crippen LogP contribution in [0.1, 0.15) is 11.1 Å². The number of benzene rings is 5. The van der Waals surface area contributed by atoms with Gasteiger partial charge in [-0.15, -0.1) is 0 Å². The molecule has 12 nitrogen and oxygen atoms in total. The maximum Gasteiger partial charge on any atom is 0.339 e. The number of hydrogen-bond acceptors (Lipinski definition) is 8. The Kier molecular flexibility index (Phi) is 9.96. The molecule has 0 saturated heterocycles. The van der Waals surface area contributed by atoms with Crippen LogP contribution in [0.15, 0.2) is 131 Å². The maximum absolute atomic E-state index is 12.6. The Balaban J connectivity index is 1.13. The molecule has 246 valence electrons. The molecule has 0 saturated carbocycles. The normalized spacial score (nSPS) is 11.2. The summed E-state index contributed by atoms with van der Waals surface area (Å²) < 4.78 is 61.1. The molecular weight excluding hydrogens is 657 g/mol. The van der Waals surface area contributed by atoms with Gasteiger partial charge >= 0.3 is 32.3 Å². The van der Waals surface area contributed by atoms with Gasteiger partial charge in [-0.3, -0.25) is 0 Å². The summed E-state index contributed by atoms with van der Waals surface area (Å²) in [5.74, 6) is 0.0455. The second kappa shape index (κ2) is 14.3. The molecule has 0 aliphatic rings. The van der Waals surface area contributed by atoms with Gasteiger partial charge < -0.3 is 29.6 Å². The van der Waals surface area contributed by atoms with Crippen molar-refractivity contribution < 1.29 is 34.8 Å². The van der Waals surface area contributed by atoms with Crippen molar-refractivity contribution in [3.63, 3.8) is 0 Å². The lowest BCUT2D eigenvalue weighted by molar-refractivity contribution is 0.261. The van der Waals surface area contributed by atoms with Gasteiger partial charge in [0.2, 0.25) is 0 Å². The monoisotopic (exact) mass is 686 g/mol. The summed E-state index contributed by atoms with van der Waals surface area (Å²) in [6.07, 6.45) is 0. The quantitative estimate of drug-likeness (QED) is 0.113. The second-order valence-electron chi connectivity index (χ2n) is 10.5. The molecule has 0 aliphatic heterocycles. The molecule has 0 unspecified atom stereocenters. The molecule has 0 aromatic heterocycles. The van der Waals surface area contributed by atoms with E-state index >= 15 is 0 Å². The van der Waals surface area contributed by atoms with Crippen molar-refractivity contribution in [1.82, 2.24) is 0 Å². The third-order valence-corrected chi connectivity index (χ3v) is 9.04. The molecule has 4 N–H and O–H groups in total. The van der Waals surface area contributed by atoms with Crippen molar-refractivity contribution in [2.45, 2.75) is 23.6 Å². The molecule has 14 heteroatoms. The van der Waals surface area contributed by atoms with E-state index in [2.05, 4.69) is 21.3 Å². The summed E-state index contributed by atoms with van der Waals surface area (Å²) in [4.78, 5) is 25.2. The van der Waals surface area contributed by atoms with Crippen LogP contribution in [0, 0.1) is 13.8 Å². The summed E-state index contributed by atoms with van der Waals surface area (Å²) in [5.41, 5.74) is 2.94. The highest BCUT2D eigenvalue weighted by Gasteiger charge is 2.18. The smallest absolute Gasteiger partial charge is 0.339 e. The summed E-state index contributed by atoms with van der Waals surface area (Å²) in [5, 5.41) is 10.5. The average Bonchev–Trinajstić information content (AvgIpc) is 3.02. The van der Waals surface area contributed by atoms with Crippen LogP contribution in [0.5, 0.6) is 11.5 Å². The number of hydrogen-bond donors (Lipinski definition) is 4. The van der Waals surface area contributed by atoms with Gasteiger partial charge in [0, 0.05) is 34.9 Å². The molecule has 0 spiro atoms. The van der Waals surface area contributed by atoms with Crippen LogP contribution in [0.4, 0.5) is 32.3 Å². The molecular formula is C34H30N4O8S2. The molecule has 0 bridgehead atoms. The van der Waals surface area contributed by atoms with Crippen LogP contribution in [0.2, 0.25) is 0 Å². The van der Waals surface area contributed by atoms with Gasteiger partial charge in [-0.2, -0.15) is 16.8 Å². The zero-order chi connectivity index (χ0) is 34.3. The number of urea groups is 2. The summed E-state index contributed by atoms with van der Waals surface area (Å²) in [6, 6.07) is 29.6. The van der Waals surface area contributed by atoms with Gasteiger partial charge in [-0.25, -0.2) is 9.59 Å². The molecule has 5 aromatic rings. The van der Waals surface area contributed by atoms with Gasteiger partial charge in [0.1, 0.15) is 21.3 Å². The molecule has 4 amide bonds. The van der Waals surface area contributed by atoms with E-state index in [0.717, 1.165) is 11.1 Å². The maximum atomic E-state index is 12.6. The van der Waals surface area contributed by atoms with Crippen LogP contribution >= 0.6 is 0 Å². The first kappa shape index (κ1) is 33.5. The third-order valence-electron chi connectivity index (χ3n) is 6.55. The van der Waals surface area contributed by atoms with E-state index < -0.39 is 32.3 Å². The fourth-order valence-electron chi connectivity index (χ4n) is 4.37. The Hall–Kier alpha value is -5.86. The zero-order valence-electron chi connectivity index (χ0n) is 25.6. The van der Waals surface area contributed by atoms with E-state index in [1.54, 1.807) is 86.6 Å². The van der Waals surface area contributed by atoms with E-state index in [-0.39, 0.29) is 21.3 Å². The molecule has 0 fully saturated rings. The predicted octanol–water partition coefficient (Wildman–Crippen LogP) is 7.13. The topological polar surface area (TPSA) is 169 Å². The minimum absolute atomic E-state index is 0.0139. The highest BCUT2D eigenvalue weighted by Crippen LogP contribution is 2.25. The summed E-state index contributed by atoms with van der Waals surface area (Å²) >= 11 is 0. The Morgan fingerprint density at radius 2 is 0.812 bits per heavy atom. The van der Waals surface area contributed by atoms with Crippen molar-refractivity contribution in [2.75, 3.05) is 21.3 Å². The first-order valence-corrected chi connectivity index (χ1v) is 17.1. The van der Waals surface area contributed by atoms with E-state index in [0.29, 0.717) is 22.7 Å². The first-order valence-electron chi connectivity index (χ1n) is 14.3. The van der Waals surface area contributed by atoms with Gasteiger partial charge in [-0.05, 0) is 97.8 Å². The molecule has 0 radical (unpaired) electrons. The largest absolute Gasteiger partial charge is 0.379 e. The molecule has 5 aromatic carbocycles. The van der Waals surface area contributed by atoms with Crippen LogP contribution < -0.4 is 29.6 Å². The Morgan fingerprint density at radius 1 is 0.458 bits per heavy atom.